The number of aromatic nitrogens is 2. The molecule has 0 amide bonds. The molecule has 0 aliphatic rings. The Morgan fingerprint density at radius 2 is 2.00 bits per heavy atom. The highest BCUT2D eigenvalue weighted by atomic mass is 127. The van der Waals surface area contributed by atoms with Crippen molar-refractivity contribution in [3.05, 3.63) is 53.9 Å². The summed E-state index contributed by atoms with van der Waals surface area (Å²) in [6.07, 6.45) is 3.76. The van der Waals surface area contributed by atoms with Crippen LogP contribution in [0.5, 0.6) is 0 Å². The van der Waals surface area contributed by atoms with Crippen molar-refractivity contribution in [3.63, 3.8) is 0 Å². The van der Waals surface area contributed by atoms with Gasteiger partial charge in [0.1, 0.15) is 0 Å². The third kappa shape index (κ3) is 7.74. The van der Waals surface area contributed by atoms with Gasteiger partial charge >= 0.3 is 0 Å². The van der Waals surface area contributed by atoms with Crippen molar-refractivity contribution in [2.45, 2.75) is 39.5 Å². The van der Waals surface area contributed by atoms with Crippen molar-refractivity contribution in [1.82, 2.24) is 20.4 Å². The van der Waals surface area contributed by atoms with Gasteiger partial charge in [-0.2, -0.15) is 5.10 Å². The summed E-state index contributed by atoms with van der Waals surface area (Å²) in [7, 11) is 1.72. The Morgan fingerprint density at radius 3 is 2.65 bits per heavy atom. The molecule has 0 fully saturated rings. The third-order valence-electron chi connectivity index (χ3n) is 3.89. The molecule has 1 heterocycles. The molecule has 26 heavy (non-hydrogen) atoms. The lowest BCUT2D eigenvalue weighted by atomic mass is 10.1. The summed E-state index contributed by atoms with van der Waals surface area (Å²) >= 11 is 0. The van der Waals surface area contributed by atoms with Crippen molar-refractivity contribution < 1.29 is 4.74 Å². The Hall–Kier alpha value is -1.61. The molecule has 0 unspecified atom stereocenters. The largest absolute Gasteiger partial charge is 0.377 e. The van der Waals surface area contributed by atoms with Crippen LogP contribution in [0.2, 0.25) is 0 Å². The number of aliphatic imine (C=N–C) groups is 1. The quantitative estimate of drug-likeness (QED) is 0.353. The third-order valence-corrected chi connectivity index (χ3v) is 3.89. The van der Waals surface area contributed by atoms with Crippen molar-refractivity contribution in [2.75, 3.05) is 20.2 Å². The Balaban J connectivity index is 0.00000338. The van der Waals surface area contributed by atoms with Crippen LogP contribution in [0.25, 0.3) is 0 Å². The molecular formula is C19H30IN5O. The first-order valence-corrected chi connectivity index (χ1v) is 8.65. The first-order chi connectivity index (χ1) is 12.0. The first kappa shape index (κ1) is 22.4. The molecule has 2 rings (SSSR count). The number of hydrogen-bond donors (Lipinski definition) is 2. The Labute approximate surface area is 173 Å². The summed E-state index contributed by atoms with van der Waals surface area (Å²) in [5.74, 6) is 0.796. The molecule has 0 aliphatic carbocycles. The van der Waals surface area contributed by atoms with Gasteiger partial charge in [0, 0.05) is 32.6 Å². The highest BCUT2D eigenvalue weighted by Crippen LogP contribution is 2.09. The maximum Gasteiger partial charge on any atom is 0.191 e. The van der Waals surface area contributed by atoms with E-state index in [1.54, 1.807) is 13.3 Å². The van der Waals surface area contributed by atoms with E-state index in [1.807, 2.05) is 30.8 Å². The van der Waals surface area contributed by atoms with Gasteiger partial charge in [-0.25, -0.2) is 4.99 Å². The smallest absolute Gasteiger partial charge is 0.191 e. The number of nitrogens with one attached hydrogen (secondary N) is 2. The van der Waals surface area contributed by atoms with E-state index in [1.165, 1.54) is 11.1 Å². The number of rotatable bonds is 8. The molecule has 1 aromatic heterocycles. The number of methoxy groups -OCH3 is 1. The van der Waals surface area contributed by atoms with Gasteiger partial charge in [0.15, 0.2) is 5.96 Å². The zero-order valence-corrected chi connectivity index (χ0v) is 18.4. The van der Waals surface area contributed by atoms with Crippen molar-refractivity contribution in [2.24, 2.45) is 4.99 Å². The molecule has 0 aliphatic heterocycles. The molecule has 7 heteroatoms. The maximum atomic E-state index is 5.44. The Kier molecular flexibility index (Phi) is 9.64. The summed E-state index contributed by atoms with van der Waals surface area (Å²) in [5.41, 5.74) is 2.16. The second-order valence-electron chi connectivity index (χ2n) is 6.54. The Bertz CT molecular complexity index is 670. The molecule has 1 aromatic carbocycles. The highest BCUT2D eigenvalue weighted by molar-refractivity contribution is 14.0. The van der Waals surface area contributed by atoms with E-state index in [0.717, 1.165) is 19.0 Å². The average Bonchev–Trinajstić information content (AvgIpc) is 3.11. The SMILES string of the molecule is CCNC(=NCc1cccc(Cn2cccn2)c1)NCC(C)(C)OC.I. The molecule has 6 nitrogen and oxygen atoms in total. The molecule has 0 atom stereocenters. The average molecular weight is 471 g/mol. The van der Waals surface area contributed by atoms with Crippen LogP contribution in [0, 0.1) is 0 Å². The molecule has 0 saturated carbocycles. The lowest BCUT2D eigenvalue weighted by Crippen LogP contribution is -2.45. The number of nitrogens with zero attached hydrogens (tertiary/aromatic N) is 3. The minimum absolute atomic E-state index is 0. The highest BCUT2D eigenvalue weighted by Gasteiger charge is 2.16. The fourth-order valence-electron chi connectivity index (χ4n) is 2.29. The fourth-order valence-corrected chi connectivity index (χ4v) is 2.29. The molecule has 0 bridgehead atoms. The van der Waals surface area contributed by atoms with Gasteiger partial charge < -0.3 is 15.4 Å². The van der Waals surface area contributed by atoms with Gasteiger partial charge in [0.2, 0.25) is 0 Å². The van der Waals surface area contributed by atoms with Gasteiger partial charge in [-0.1, -0.05) is 24.3 Å². The summed E-state index contributed by atoms with van der Waals surface area (Å²) < 4.78 is 7.36. The first-order valence-electron chi connectivity index (χ1n) is 8.65. The predicted octanol–water partition coefficient (Wildman–Crippen LogP) is 3.03. The van der Waals surface area contributed by atoms with Crippen LogP contribution < -0.4 is 10.6 Å². The van der Waals surface area contributed by atoms with E-state index in [2.05, 4.69) is 51.9 Å². The number of ether oxygens (including phenoxy) is 1. The molecule has 0 saturated heterocycles. The number of guanidine groups is 1. The minimum atomic E-state index is -0.236. The maximum absolute atomic E-state index is 5.44. The molecule has 0 spiro atoms. The predicted molar refractivity (Wildman–Crippen MR) is 117 cm³/mol. The second-order valence-corrected chi connectivity index (χ2v) is 6.54. The molecular weight excluding hydrogens is 441 g/mol. The van der Waals surface area contributed by atoms with Gasteiger partial charge in [-0.15, -0.1) is 24.0 Å². The van der Waals surface area contributed by atoms with Crippen molar-refractivity contribution in [3.8, 4) is 0 Å². The van der Waals surface area contributed by atoms with Crippen molar-refractivity contribution >= 4 is 29.9 Å². The fraction of sp³-hybridized carbons (Fsp3) is 0.474. The molecule has 144 valence electrons. The van der Waals surface area contributed by atoms with E-state index in [-0.39, 0.29) is 29.6 Å². The van der Waals surface area contributed by atoms with Crippen LogP contribution in [0.3, 0.4) is 0 Å². The van der Waals surface area contributed by atoms with Crippen LogP contribution in [0.4, 0.5) is 0 Å². The van der Waals surface area contributed by atoms with Crippen LogP contribution in [-0.2, 0) is 17.8 Å². The summed E-state index contributed by atoms with van der Waals surface area (Å²) in [6.45, 7) is 9.04. The summed E-state index contributed by atoms with van der Waals surface area (Å²) in [6, 6.07) is 10.4. The van der Waals surface area contributed by atoms with E-state index < -0.39 is 0 Å². The molecule has 2 N–H and O–H groups in total. The molecule has 0 radical (unpaired) electrons. The zero-order chi connectivity index (χ0) is 18.1. The lowest BCUT2D eigenvalue weighted by Gasteiger charge is -2.24. The number of hydrogen-bond acceptors (Lipinski definition) is 3. The number of benzene rings is 1. The van der Waals surface area contributed by atoms with Crippen LogP contribution in [0.1, 0.15) is 31.9 Å². The van der Waals surface area contributed by atoms with Crippen molar-refractivity contribution in [1.29, 1.82) is 0 Å². The standard InChI is InChI=1S/C19H29N5O.HI/c1-5-20-18(22-15-19(2,3)25-4)21-13-16-8-6-9-17(12-16)14-24-11-7-10-23-24;/h6-12H,5,13-15H2,1-4H3,(H2,20,21,22);1H. The molecule has 2 aromatic rings. The number of halogens is 1. The second kappa shape index (κ2) is 11.2. The van der Waals surface area contributed by atoms with Gasteiger partial charge in [0.05, 0.1) is 18.7 Å². The van der Waals surface area contributed by atoms with E-state index in [9.17, 15) is 0 Å². The van der Waals surface area contributed by atoms with Crippen LogP contribution >= 0.6 is 24.0 Å². The lowest BCUT2D eigenvalue weighted by molar-refractivity contribution is 0.0268. The van der Waals surface area contributed by atoms with Gasteiger partial charge in [-0.05, 0) is 38.0 Å². The van der Waals surface area contributed by atoms with E-state index in [4.69, 9.17) is 4.74 Å². The van der Waals surface area contributed by atoms with E-state index >= 15 is 0 Å². The topological polar surface area (TPSA) is 63.5 Å². The normalized spacial score (nSPS) is 11.8. The zero-order valence-electron chi connectivity index (χ0n) is 16.0. The minimum Gasteiger partial charge on any atom is -0.377 e. The van der Waals surface area contributed by atoms with Crippen LogP contribution in [-0.4, -0.2) is 41.5 Å². The van der Waals surface area contributed by atoms with Gasteiger partial charge in [0.25, 0.3) is 0 Å². The summed E-state index contributed by atoms with van der Waals surface area (Å²) in [5, 5.41) is 10.9. The Morgan fingerprint density at radius 1 is 1.23 bits per heavy atom. The van der Waals surface area contributed by atoms with E-state index in [0.29, 0.717) is 13.1 Å². The van der Waals surface area contributed by atoms with Gasteiger partial charge in [-0.3, -0.25) is 4.68 Å². The monoisotopic (exact) mass is 471 g/mol. The summed E-state index contributed by atoms with van der Waals surface area (Å²) in [4.78, 5) is 4.68. The van der Waals surface area contributed by atoms with Crippen LogP contribution in [0.15, 0.2) is 47.7 Å².